The van der Waals surface area contributed by atoms with Crippen LogP contribution >= 0.6 is 0 Å². The maximum atomic E-state index is 12.6. The summed E-state index contributed by atoms with van der Waals surface area (Å²) in [4.78, 5) is 0. The van der Waals surface area contributed by atoms with E-state index in [9.17, 15) is 4.39 Å². The van der Waals surface area contributed by atoms with E-state index >= 15 is 0 Å². The highest BCUT2D eigenvalue weighted by Crippen LogP contribution is 2.19. The van der Waals surface area contributed by atoms with Gasteiger partial charge in [-0.3, -0.25) is 0 Å². The van der Waals surface area contributed by atoms with Gasteiger partial charge in [0, 0.05) is 6.07 Å². The Hall–Kier alpha value is -1.05. The summed E-state index contributed by atoms with van der Waals surface area (Å²) in [5.74, 6) is -0.341. The van der Waals surface area contributed by atoms with Crippen molar-refractivity contribution >= 4 is 0 Å². The standard InChI is InChI=1S/C8H9FO.C2H6/c1-5-3-6(2)8(10)4-7(5)9;1-2/h3-4,10H,1-2H3;1-2H3. The van der Waals surface area contributed by atoms with Crippen LogP contribution in [0.1, 0.15) is 25.0 Å². The monoisotopic (exact) mass is 170 g/mol. The molecule has 68 valence electrons. The minimum atomic E-state index is -0.358. The largest absolute Gasteiger partial charge is 0.508 e. The second-order valence-corrected chi connectivity index (χ2v) is 2.39. The van der Waals surface area contributed by atoms with Crippen molar-refractivity contribution in [3.63, 3.8) is 0 Å². The molecule has 0 fully saturated rings. The molecule has 0 heterocycles. The molecule has 0 amide bonds. The van der Waals surface area contributed by atoms with Crippen molar-refractivity contribution in [1.82, 2.24) is 0 Å². The first kappa shape index (κ1) is 11.0. The van der Waals surface area contributed by atoms with Gasteiger partial charge in [0.05, 0.1) is 0 Å². The molecule has 0 atom stereocenters. The molecule has 1 N–H and O–H groups in total. The molecule has 1 aromatic carbocycles. The van der Waals surface area contributed by atoms with Crippen LogP contribution in [0.4, 0.5) is 4.39 Å². The smallest absolute Gasteiger partial charge is 0.129 e. The summed E-state index contributed by atoms with van der Waals surface area (Å²) in [6, 6.07) is 2.75. The van der Waals surface area contributed by atoms with E-state index in [4.69, 9.17) is 5.11 Å². The number of hydrogen-bond donors (Lipinski definition) is 1. The van der Waals surface area contributed by atoms with Gasteiger partial charge in [-0.1, -0.05) is 13.8 Å². The van der Waals surface area contributed by atoms with Crippen LogP contribution < -0.4 is 0 Å². The van der Waals surface area contributed by atoms with E-state index in [1.54, 1.807) is 19.9 Å². The predicted octanol–water partition coefficient (Wildman–Crippen LogP) is 3.17. The molecule has 1 rings (SSSR count). The third-order valence-electron chi connectivity index (χ3n) is 1.48. The lowest BCUT2D eigenvalue weighted by Crippen LogP contribution is -1.83. The third-order valence-corrected chi connectivity index (χ3v) is 1.48. The Balaban J connectivity index is 0.000000561. The number of aryl methyl sites for hydroxylation is 2. The predicted molar refractivity (Wildman–Crippen MR) is 48.9 cm³/mol. The van der Waals surface area contributed by atoms with E-state index in [-0.39, 0.29) is 11.6 Å². The van der Waals surface area contributed by atoms with Gasteiger partial charge in [-0.2, -0.15) is 0 Å². The van der Waals surface area contributed by atoms with Gasteiger partial charge < -0.3 is 5.11 Å². The van der Waals surface area contributed by atoms with Crippen LogP contribution in [-0.2, 0) is 0 Å². The van der Waals surface area contributed by atoms with Crippen LogP contribution in [0.25, 0.3) is 0 Å². The summed E-state index contributed by atoms with van der Waals surface area (Å²) in [5.41, 5.74) is 1.27. The molecule has 0 aromatic heterocycles. The minimum Gasteiger partial charge on any atom is -0.508 e. The topological polar surface area (TPSA) is 20.2 Å². The normalized spacial score (nSPS) is 8.75. The number of phenols is 1. The first-order valence-electron chi connectivity index (χ1n) is 4.07. The van der Waals surface area contributed by atoms with Crippen LogP contribution in [0.5, 0.6) is 5.75 Å². The maximum Gasteiger partial charge on any atom is 0.129 e. The Morgan fingerprint density at radius 1 is 1.08 bits per heavy atom. The second-order valence-electron chi connectivity index (χ2n) is 2.39. The summed E-state index contributed by atoms with van der Waals surface area (Å²) in [7, 11) is 0. The van der Waals surface area contributed by atoms with Crippen molar-refractivity contribution in [2.24, 2.45) is 0 Å². The van der Waals surface area contributed by atoms with E-state index in [2.05, 4.69) is 0 Å². The summed E-state index contributed by atoms with van der Waals surface area (Å²) < 4.78 is 12.6. The molecule has 1 nitrogen and oxygen atoms in total. The number of rotatable bonds is 0. The number of phenolic OH excluding ortho intramolecular Hbond substituents is 1. The summed E-state index contributed by atoms with van der Waals surface area (Å²) in [5, 5.41) is 8.98. The van der Waals surface area contributed by atoms with Gasteiger partial charge in [-0.25, -0.2) is 4.39 Å². The zero-order chi connectivity index (χ0) is 9.72. The van der Waals surface area contributed by atoms with Crippen molar-refractivity contribution in [2.75, 3.05) is 0 Å². The quantitative estimate of drug-likeness (QED) is 0.634. The fourth-order valence-corrected chi connectivity index (χ4v) is 0.815. The molecular formula is C10H15FO. The minimum absolute atomic E-state index is 0.0168. The SMILES string of the molecule is CC.Cc1cc(C)c(F)cc1O. The van der Waals surface area contributed by atoms with Gasteiger partial charge in [0.1, 0.15) is 11.6 Å². The Kier molecular flexibility index (Phi) is 4.34. The lowest BCUT2D eigenvalue weighted by atomic mass is 10.1. The van der Waals surface area contributed by atoms with Crippen LogP contribution in [0.15, 0.2) is 12.1 Å². The molecule has 0 radical (unpaired) electrons. The van der Waals surface area contributed by atoms with E-state index in [1.807, 2.05) is 13.8 Å². The first-order valence-corrected chi connectivity index (χ1v) is 4.07. The fraction of sp³-hybridized carbons (Fsp3) is 0.400. The zero-order valence-electron chi connectivity index (χ0n) is 7.98. The van der Waals surface area contributed by atoms with E-state index in [1.165, 1.54) is 0 Å². The number of hydrogen-bond acceptors (Lipinski definition) is 1. The fourth-order valence-electron chi connectivity index (χ4n) is 0.815. The number of benzene rings is 1. The van der Waals surface area contributed by atoms with Crippen molar-refractivity contribution in [1.29, 1.82) is 0 Å². The van der Waals surface area contributed by atoms with E-state index < -0.39 is 0 Å². The molecular weight excluding hydrogens is 155 g/mol. The Labute approximate surface area is 72.9 Å². The highest BCUT2D eigenvalue weighted by Gasteiger charge is 2.00. The molecule has 0 spiro atoms. The van der Waals surface area contributed by atoms with Crippen LogP contribution in [-0.4, -0.2) is 5.11 Å². The number of aromatic hydroxyl groups is 1. The summed E-state index contributed by atoms with van der Waals surface area (Å²) in [6.07, 6.45) is 0. The average Bonchev–Trinajstić information content (AvgIpc) is 2.05. The average molecular weight is 170 g/mol. The van der Waals surface area contributed by atoms with Crippen molar-refractivity contribution in [2.45, 2.75) is 27.7 Å². The zero-order valence-corrected chi connectivity index (χ0v) is 7.98. The van der Waals surface area contributed by atoms with Crippen molar-refractivity contribution in [3.05, 3.63) is 29.1 Å². The highest BCUT2D eigenvalue weighted by molar-refractivity contribution is 5.35. The van der Waals surface area contributed by atoms with Gasteiger partial charge in [0.15, 0.2) is 0 Å². The van der Waals surface area contributed by atoms with Gasteiger partial charge in [0.2, 0.25) is 0 Å². The molecule has 0 unspecified atom stereocenters. The molecule has 2 heteroatoms. The summed E-state index contributed by atoms with van der Waals surface area (Å²) in [6.45, 7) is 7.41. The maximum absolute atomic E-state index is 12.6. The lowest BCUT2D eigenvalue weighted by molar-refractivity contribution is 0.464. The van der Waals surface area contributed by atoms with Crippen molar-refractivity contribution < 1.29 is 9.50 Å². The number of halogens is 1. The van der Waals surface area contributed by atoms with Gasteiger partial charge in [0.25, 0.3) is 0 Å². The van der Waals surface area contributed by atoms with Crippen LogP contribution in [0.3, 0.4) is 0 Å². The highest BCUT2D eigenvalue weighted by atomic mass is 19.1. The Morgan fingerprint density at radius 3 is 2.00 bits per heavy atom. The lowest BCUT2D eigenvalue weighted by Gasteiger charge is -2.00. The summed E-state index contributed by atoms with van der Waals surface area (Å²) >= 11 is 0. The molecule has 0 aliphatic rings. The van der Waals surface area contributed by atoms with Crippen LogP contribution in [0.2, 0.25) is 0 Å². The second kappa shape index (κ2) is 4.75. The first-order chi connectivity index (χ1) is 5.61. The molecule has 0 bridgehead atoms. The Bertz CT molecular complexity index is 206. The Morgan fingerprint density at radius 2 is 1.58 bits per heavy atom. The van der Waals surface area contributed by atoms with Gasteiger partial charge in [-0.05, 0) is 31.0 Å². The molecule has 12 heavy (non-hydrogen) atoms. The molecule has 1 aromatic rings. The van der Waals surface area contributed by atoms with Crippen molar-refractivity contribution in [3.8, 4) is 5.75 Å². The van der Waals surface area contributed by atoms with Crippen LogP contribution in [0, 0.1) is 19.7 Å². The molecule has 0 aliphatic heterocycles. The van der Waals surface area contributed by atoms with Gasteiger partial charge in [-0.15, -0.1) is 0 Å². The molecule has 0 saturated carbocycles. The van der Waals surface area contributed by atoms with Gasteiger partial charge >= 0.3 is 0 Å². The molecule has 0 aliphatic carbocycles. The van der Waals surface area contributed by atoms with E-state index in [0.717, 1.165) is 6.07 Å². The third kappa shape index (κ3) is 2.53. The molecule has 0 saturated heterocycles. The van der Waals surface area contributed by atoms with E-state index in [0.29, 0.717) is 11.1 Å².